The highest BCUT2D eigenvalue weighted by atomic mass is 16.3. The molecule has 0 bridgehead atoms. The molecular weight excluding hydrogens is 196 g/mol. The van der Waals surface area contributed by atoms with Crippen LogP contribution in [0.4, 0.5) is 0 Å². The van der Waals surface area contributed by atoms with Gasteiger partial charge in [0.2, 0.25) is 0 Å². The van der Waals surface area contributed by atoms with E-state index in [-0.39, 0.29) is 11.5 Å². The van der Waals surface area contributed by atoms with Gasteiger partial charge in [-0.15, -0.1) is 0 Å². The molecule has 0 aliphatic heterocycles. The number of aliphatic hydroxyl groups excluding tert-OH is 1. The molecule has 90 valence electrons. The Labute approximate surface area is 99.5 Å². The first-order chi connectivity index (χ1) is 7.47. The molecule has 1 nitrogen and oxygen atoms in total. The number of hydrogen-bond donors (Lipinski definition) is 1. The number of hydrogen-bond acceptors (Lipinski definition) is 1. The first-order valence-electron chi connectivity index (χ1n) is 6.27. The third-order valence-corrected chi connectivity index (χ3v) is 2.98. The fourth-order valence-electron chi connectivity index (χ4n) is 2.06. The molecule has 2 rings (SSSR count). The summed E-state index contributed by atoms with van der Waals surface area (Å²) in [4.78, 5) is 0. The second-order valence-corrected chi connectivity index (χ2v) is 5.30. The van der Waals surface area contributed by atoms with E-state index >= 15 is 0 Å². The molecule has 0 fully saturated rings. The van der Waals surface area contributed by atoms with Crippen LogP contribution in [-0.2, 0) is 18.3 Å². The van der Waals surface area contributed by atoms with Crippen LogP contribution < -0.4 is 0 Å². The molecule has 1 aromatic carbocycles. The van der Waals surface area contributed by atoms with Crippen LogP contribution in [-0.4, -0.2) is 11.2 Å². The molecule has 0 radical (unpaired) electrons. The van der Waals surface area contributed by atoms with Crippen molar-refractivity contribution in [2.24, 2.45) is 0 Å². The van der Waals surface area contributed by atoms with E-state index in [1.54, 1.807) is 0 Å². The Kier molecular flexibility index (Phi) is 4.15. The minimum absolute atomic E-state index is 0.153. The summed E-state index contributed by atoms with van der Waals surface area (Å²) in [7, 11) is 0. The van der Waals surface area contributed by atoms with Crippen molar-refractivity contribution in [2.45, 2.75) is 59.0 Å². The quantitative estimate of drug-likeness (QED) is 0.710. The lowest BCUT2D eigenvalue weighted by molar-refractivity contribution is 0.187. The second kappa shape index (κ2) is 5.01. The summed E-state index contributed by atoms with van der Waals surface area (Å²) in [5.41, 5.74) is 4.24. The molecule has 0 aromatic heterocycles. The molecule has 1 atom stereocenters. The Morgan fingerprint density at radius 1 is 1.06 bits per heavy atom. The van der Waals surface area contributed by atoms with E-state index in [1.165, 1.54) is 16.7 Å². The van der Waals surface area contributed by atoms with Gasteiger partial charge in [0.05, 0.1) is 6.10 Å². The largest absolute Gasteiger partial charge is 0.392 e. The number of rotatable bonds is 0. The summed E-state index contributed by atoms with van der Waals surface area (Å²) >= 11 is 0. The summed E-state index contributed by atoms with van der Waals surface area (Å²) in [5.74, 6) is 0. The maximum atomic E-state index is 9.54. The van der Waals surface area contributed by atoms with Gasteiger partial charge < -0.3 is 5.11 Å². The number of fused-ring (bicyclic) bond motifs is 1. The monoisotopic (exact) mass is 220 g/mol. The smallest absolute Gasteiger partial charge is 0.0621 e. The van der Waals surface area contributed by atoms with Gasteiger partial charge in [0.1, 0.15) is 0 Å². The van der Waals surface area contributed by atoms with Gasteiger partial charge in [-0.25, -0.2) is 0 Å². The van der Waals surface area contributed by atoms with Crippen molar-refractivity contribution in [1.29, 1.82) is 0 Å². The zero-order valence-corrected chi connectivity index (χ0v) is 11.2. The third-order valence-electron chi connectivity index (χ3n) is 2.98. The molecule has 1 aliphatic carbocycles. The molecule has 1 N–H and O–H groups in total. The average Bonchev–Trinajstić information content (AvgIpc) is 2.58. The predicted octanol–water partition coefficient (Wildman–Crippen LogP) is 3.47. The van der Waals surface area contributed by atoms with E-state index < -0.39 is 0 Å². The van der Waals surface area contributed by atoms with E-state index in [0.717, 1.165) is 12.8 Å². The van der Waals surface area contributed by atoms with Gasteiger partial charge in [0.25, 0.3) is 0 Å². The molecule has 0 spiro atoms. The van der Waals surface area contributed by atoms with Crippen LogP contribution in [0.3, 0.4) is 0 Å². The fourth-order valence-corrected chi connectivity index (χ4v) is 2.06. The minimum atomic E-state index is -0.153. The Morgan fingerprint density at radius 2 is 1.62 bits per heavy atom. The van der Waals surface area contributed by atoms with Gasteiger partial charge in [0.15, 0.2) is 0 Å². The van der Waals surface area contributed by atoms with E-state index in [9.17, 15) is 5.11 Å². The van der Waals surface area contributed by atoms with Gasteiger partial charge in [0, 0.05) is 0 Å². The molecule has 0 amide bonds. The predicted molar refractivity (Wildman–Crippen MR) is 69.9 cm³/mol. The second-order valence-electron chi connectivity index (χ2n) is 5.30. The van der Waals surface area contributed by atoms with Crippen molar-refractivity contribution in [3.8, 4) is 0 Å². The molecule has 0 heterocycles. The van der Waals surface area contributed by atoms with E-state index in [0.29, 0.717) is 0 Å². The topological polar surface area (TPSA) is 20.2 Å². The summed E-state index contributed by atoms with van der Waals surface area (Å²) in [6.45, 7) is 10.7. The summed E-state index contributed by atoms with van der Waals surface area (Å²) in [6, 6.07) is 6.62. The van der Waals surface area contributed by atoms with Crippen molar-refractivity contribution in [3.05, 3.63) is 34.9 Å². The molecule has 1 unspecified atom stereocenters. The Balaban J connectivity index is 0.000000606. The molecule has 16 heavy (non-hydrogen) atoms. The normalized spacial score (nSPS) is 18.8. The maximum absolute atomic E-state index is 9.54. The highest BCUT2D eigenvalue weighted by molar-refractivity contribution is 5.38. The van der Waals surface area contributed by atoms with Crippen LogP contribution in [0.5, 0.6) is 0 Å². The van der Waals surface area contributed by atoms with E-state index in [4.69, 9.17) is 0 Å². The molecule has 1 aromatic rings. The number of benzene rings is 1. The van der Waals surface area contributed by atoms with Gasteiger partial charge in [-0.05, 0) is 34.9 Å². The average molecular weight is 220 g/mol. The van der Waals surface area contributed by atoms with Gasteiger partial charge in [-0.2, -0.15) is 0 Å². The van der Waals surface area contributed by atoms with Gasteiger partial charge in [-0.1, -0.05) is 52.8 Å². The molecule has 1 heteroatoms. The zero-order chi connectivity index (χ0) is 12.3. The van der Waals surface area contributed by atoms with Crippen LogP contribution in [0.15, 0.2) is 18.2 Å². The van der Waals surface area contributed by atoms with Crippen molar-refractivity contribution in [3.63, 3.8) is 0 Å². The standard InChI is InChI=1S/C13H18O.C2H6/c1-13(2,3)11-5-4-9-7-12(14)8-10(9)6-11;1-2/h4-6,12,14H,7-8H2,1-3H3;1-2H3. The number of aliphatic hydroxyl groups is 1. The van der Waals surface area contributed by atoms with Crippen molar-refractivity contribution in [1.82, 2.24) is 0 Å². The van der Waals surface area contributed by atoms with Crippen LogP contribution in [0.2, 0.25) is 0 Å². The lowest BCUT2D eigenvalue weighted by Crippen LogP contribution is -2.11. The van der Waals surface area contributed by atoms with Crippen LogP contribution in [0.1, 0.15) is 51.3 Å². The Hall–Kier alpha value is -0.820. The summed E-state index contributed by atoms with van der Waals surface area (Å²) in [5, 5.41) is 9.54. The molecule has 1 aliphatic rings. The van der Waals surface area contributed by atoms with Gasteiger partial charge in [-0.3, -0.25) is 0 Å². The molecular formula is C15H24O. The van der Waals surface area contributed by atoms with Crippen molar-refractivity contribution >= 4 is 0 Å². The van der Waals surface area contributed by atoms with Crippen LogP contribution >= 0.6 is 0 Å². The SMILES string of the molecule is CC.CC(C)(C)c1ccc2c(c1)CC(O)C2. The molecule has 0 saturated carbocycles. The van der Waals surface area contributed by atoms with Crippen molar-refractivity contribution < 1.29 is 5.11 Å². The Bertz CT molecular complexity index is 347. The molecule has 0 saturated heterocycles. The van der Waals surface area contributed by atoms with E-state index in [1.807, 2.05) is 13.8 Å². The summed E-state index contributed by atoms with van der Waals surface area (Å²) in [6.07, 6.45) is 1.51. The lowest BCUT2D eigenvalue weighted by atomic mass is 9.85. The van der Waals surface area contributed by atoms with E-state index in [2.05, 4.69) is 39.0 Å². The summed E-state index contributed by atoms with van der Waals surface area (Å²) < 4.78 is 0. The zero-order valence-electron chi connectivity index (χ0n) is 11.2. The van der Waals surface area contributed by atoms with Gasteiger partial charge >= 0.3 is 0 Å². The first-order valence-corrected chi connectivity index (χ1v) is 6.27. The fraction of sp³-hybridized carbons (Fsp3) is 0.600. The highest BCUT2D eigenvalue weighted by Gasteiger charge is 2.21. The third kappa shape index (κ3) is 2.85. The van der Waals surface area contributed by atoms with Crippen LogP contribution in [0, 0.1) is 0 Å². The first kappa shape index (κ1) is 13.2. The lowest BCUT2D eigenvalue weighted by Gasteiger charge is -2.19. The minimum Gasteiger partial charge on any atom is -0.392 e. The maximum Gasteiger partial charge on any atom is 0.0621 e. The van der Waals surface area contributed by atoms with Crippen LogP contribution in [0.25, 0.3) is 0 Å². The highest BCUT2D eigenvalue weighted by Crippen LogP contribution is 2.29. The van der Waals surface area contributed by atoms with Crippen molar-refractivity contribution in [2.75, 3.05) is 0 Å². The Morgan fingerprint density at radius 3 is 2.19 bits per heavy atom.